The van der Waals surface area contributed by atoms with E-state index in [4.69, 9.17) is 0 Å². The molecule has 0 fully saturated rings. The zero-order chi connectivity index (χ0) is 9.30. The lowest BCUT2D eigenvalue weighted by Crippen LogP contribution is -2.08. The van der Waals surface area contributed by atoms with Crippen LogP contribution >= 0.6 is 59.1 Å². The molecule has 1 atom stereocenters. The minimum atomic E-state index is -0.129. The Balaban J connectivity index is 3.02. The second-order valence-corrected chi connectivity index (χ2v) is 7.34. The van der Waals surface area contributed by atoms with Gasteiger partial charge in [-0.2, -0.15) is 0 Å². The van der Waals surface area contributed by atoms with E-state index in [0.29, 0.717) is 0 Å². The highest BCUT2D eigenvalue weighted by molar-refractivity contribution is 9.12. The van der Waals surface area contributed by atoms with Crippen molar-refractivity contribution in [2.45, 2.75) is 11.8 Å². The molecular formula is C7H5Br3OS. The minimum Gasteiger partial charge on any atom is -0.293 e. The fourth-order valence-electron chi connectivity index (χ4n) is 0.723. The summed E-state index contributed by atoms with van der Waals surface area (Å²) in [6.45, 7) is 1.82. The molecule has 0 radical (unpaired) electrons. The molecule has 0 aliphatic carbocycles. The number of hydrogen-bond acceptors (Lipinski definition) is 2. The summed E-state index contributed by atoms with van der Waals surface area (Å²) in [4.78, 5) is 11.4. The van der Waals surface area contributed by atoms with Crippen molar-refractivity contribution in [1.29, 1.82) is 0 Å². The Labute approximate surface area is 99.9 Å². The monoisotopic (exact) mass is 374 g/mol. The molecule has 0 aliphatic heterocycles. The van der Waals surface area contributed by atoms with Gasteiger partial charge in [-0.15, -0.1) is 11.3 Å². The molecule has 1 unspecified atom stereocenters. The van der Waals surface area contributed by atoms with Crippen LogP contribution in [0.3, 0.4) is 0 Å². The fraction of sp³-hybridized carbons (Fsp3) is 0.286. The second-order valence-electron chi connectivity index (χ2n) is 2.22. The van der Waals surface area contributed by atoms with E-state index >= 15 is 0 Å². The van der Waals surface area contributed by atoms with E-state index in [0.717, 1.165) is 13.1 Å². The topological polar surface area (TPSA) is 17.1 Å². The number of hydrogen-bond donors (Lipinski definition) is 0. The van der Waals surface area contributed by atoms with Gasteiger partial charge in [-0.25, -0.2) is 0 Å². The summed E-state index contributed by atoms with van der Waals surface area (Å²) in [5.41, 5.74) is 0.733. The van der Waals surface area contributed by atoms with Crippen LogP contribution in [0.25, 0.3) is 0 Å². The lowest BCUT2D eigenvalue weighted by molar-refractivity contribution is 0.0995. The highest BCUT2D eigenvalue weighted by Crippen LogP contribution is 2.33. The van der Waals surface area contributed by atoms with Gasteiger partial charge in [0.1, 0.15) is 0 Å². The van der Waals surface area contributed by atoms with Crippen molar-refractivity contribution in [3.05, 3.63) is 19.2 Å². The number of halogens is 3. The average molecular weight is 377 g/mol. The Morgan fingerprint density at radius 1 is 1.58 bits per heavy atom. The molecule has 0 saturated heterocycles. The van der Waals surface area contributed by atoms with E-state index in [9.17, 15) is 4.79 Å². The standard InChI is InChI=1S/C7H5Br3OS/c1-3(8)6(11)4-2-5(9)12-7(4)10/h2-3H,1H3. The molecule has 0 aliphatic rings. The van der Waals surface area contributed by atoms with Crippen molar-refractivity contribution in [3.63, 3.8) is 0 Å². The predicted octanol–water partition coefficient (Wildman–Crippen LogP) is 4.24. The first-order valence-electron chi connectivity index (χ1n) is 3.15. The molecular weight excluding hydrogens is 372 g/mol. The number of carbonyl (C=O) groups excluding carboxylic acids is 1. The van der Waals surface area contributed by atoms with E-state index in [1.807, 2.05) is 13.0 Å². The van der Waals surface area contributed by atoms with Crippen LogP contribution < -0.4 is 0 Å². The first kappa shape index (κ1) is 10.9. The highest BCUT2D eigenvalue weighted by Gasteiger charge is 2.17. The number of carbonyl (C=O) groups is 1. The van der Waals surface area contributed by atoms with Gasteiger partial charge in [-0.3, -0.25) is 4.79 Å². The van der Waals surface area contributed by atoms with E-state index in [2.05, 4.69) is 47.8 Å². The molecule has 1 aromatic rings. The molecule has 0 amide bonds. The molecule has 66 valence electrons. The van der Waals surface area contributed by atoms with E-state index in [1.54, 1.807) is 0 Å². The third-order valence-electron chi connectivity index (χ3n) is 1.28. The summed E-state index contributed by atoms with van der Waals surface area (Å²) >= 11 is 11.4. The van der Waals surface area contributed by atoms with Crippen molar-refractivity contribution in [1.82, 2.24) is 0 Å². The van der Waals surface area contributed by atoms with Gasteiger partial charge in [0.2, 0.25) is 0 Å². The largest absolute Gasteiger partial charge is 0.293 e. The van der Waals surface area contributed by atoms with Crippen LogP contribution in [-0.4, -0.2) is 10.6 Å². The SMILES string of the molecule is CC(Br)C(=O)c1cc(Br)sc1Br. The predicted molar refractivity (Wildman–Crippen MR) is 62.4 cm³/mol. The number of alkyl halides is 1. The molecule has 0 spiro atoms. The summed E-state index contributed by atoms with van der Waals surface area (Å²) in [7, 11) is 0. The first-order valence-corrected chi connectivity index (χ1v) is 6.47. The molecule has 1 aromatic heterocycles. The van der Waals surface area contributed by atoms with Crippen molar-refractivity contribution in [3.8, 4) is 0 Å². The maximum absolute atomic E-state index is 11.5. The summed E-state index contributed by atoms with van der Waals surface area (Å²) in [6, 6.07) is 1.83. The molecule has 0 N–H and O–H groups in total. The Bertz CT molecular complexity index is 306. The van der Waals surface area contributed by atoms with Crippen LogP contribution in [0.1, 0.15) is 17.3 Å². The van der Waals surface area contributed by atoms with Gasteiger partial charge in [0.25, 0.3) is 0 Å². The van der Waals surface area contributed by atoms with Gasteiger partial charge in [0.15, 0.2) is 5.78 Å². The third kappa shape index (κ3) is 2.40. The third-order valence-corrected chi connectivity index (χ3v) is 4.04. The van der Waals surface area contributed by atoms with Crippen LogP contribution in [0, 0.1) is 0 Å². The highest BCUT2D eigenvalue weighted by atomic mass is 79.9. The Kier molecular flexibility index (Phi) is 3.95. The van der Waals surface area contributed by atoms with Crippen LogP contribution in [-0.2, 0) is 0 Å². The van der Waals surface area contributed by atoms with E-state index < -0.39 is 0 Å². The van der Waals surface area contributed by atoms with Crippen molar-refractivity contribution in [2.75, 3.05) is 0 Å². The minimum absolute atomic E-state index is 0.101. The number of rotatable bonds is 2. The van der Waals surface area contributed by atoms with Crippen molar-refractivity contribution < 1.29 is 4.79 Å². The zero-order valence-corrected chi connectivity index (χ0v) is 11.7. The van der Waals surface area contributed by atoms with E-state index in [1.165, 1.54) is 11.3 Å². The molecule has 0 aromatic carbocycles. The number of Topliss-reactive ketones (excluding diaryl/α,β-unsaturated/α-hetero) is 1. The quantitative estimate of drug-likeness (QED) is 0.557. The second kappa shape index (κ2) is 4.35. The maximum atomic E-state index is 11.5. The summed E-state index contributed by atoms with van der Waals surface area (Å²) in [5.74, 6) is 0.101. The van der Waals surface area contributed by atoms with Gasteiger partial charge in [0.05, 0.1) is 12.4 Å². The normalized spacial score (nSPS) is 13.0. The molecule has 0 bridgehead atoms. The number of ketones is 1. The van der Waals surface area contributed by atoms with Crippen molar-refractivity contribution >= 4 is 64.9 Å². The fourth-order valence-corrected chi connectivity index (χ4v) is 3.79. The van der Waals surface area contributed by atoms with E-state index in [-0.39, 0.29) is 10.6 Å². The van der Waals surface area contributed by atoms with Gasteiger partial charge in [-0.1, -0.05) is 15.9 Å². The molecule has 1 nitrogen and oxygen atoms in total. The van der Waals surface area contributed by atoms with Crippen LogP contribution in [0.4, 0.5) is 0 Å². The molecule has 1 heterocycles. The molecule has 0 saturated carbocycles. The van der Waals surface area contributed by atoms with Gasteiger partial charge in [-0.05, 0) is 44.8 Å². The summed E-state index contributed by atoms with van der Waals surface area (Å²) < 4.78 is 1.84. The number of thiophene rings is 1. The summed E-state index contributed by atoms with van der Waals surface area (Å²) in [6.07, 6.45) is 0. The lowest BCUT2D eigenvalue weighted by Gasteiger charge is -1.99. The maximum Gasteiger partial charge on any atom is 0.178 e. The molecule has 1 rings (SSSR count). The summed E-state index contributed by atoms with van der Waals surface area (Å²) in [5, 5.41) is 0. The van der Waals surface area contributed by atoms with Gasteiger partial charge < -0.3 is 0 Å². The van der Waals surface area contributed by atoms with Gasteiger partial charge >= 0.3 is 0 Å². The Morgan fingerprint density at radius 3 is 2.50 bits per heavy atom. The Hall–Kier alpha value is 0.810. The van der Waals surface area contributed by atoms with Gasteiger partial charge in [0, 0.05) is 5.56 Å². The van der Waals surface area contributed by atoms with Crippen LogP contribution in [0.15, 0.2) is 13.6 Å². The first-order chi connectivity index (χ1) is 5.52. The smallest absolute Gasteiger partial charge is 0.178 e. The van der Waals surface area contributed by atoms with Crippen LogP contribution in [0.2, 0.25) is 0 Å². The van der Waals surface area contributed by atoms with Crippen molar-refractivity contribution in [2.24, 2.45) is 0 Å². The molecule has 12 heavy (non-hydrogen) atoms. The lowest BCUT2D eigenvalue weighted by atomic mass is 10.2. The zero-order valence-electron chi connectivity index (χ0n) is 6.11. The Morgan fingerprint density at radius 2 is 2.17 bits per heavy atom. The molecule has 5 heteroatoms. The van der Waals surface area contributed by atoms with Crippen LogP contribution in [0.5, 0.6) is 0 Å². The average Bonchev–Trinajstić information content (AvgIpc) is 2.28.